The highest BCUT2D eigenvalue weighted by atomic mass is 16.5. The molecule has 0 aliphatic carbocycles. The summed E-state index contributed by atoms with van der Waals surface area (Å²) in [6.45, 7) is 3.86. The lowest BCUT2D eigenvalue weighted by atomic mass is 9.96. The van der Waals surface area contributed by atoms with Gasteiger partial charge >= 0.3 is 5.97 Å². The van der Waals surface area contributed by atoms with E-state index in [1.165, 1.54) is 0 Å². The van der Waals surface area contributed by atoms with Crippen molar-refractivity contribution in [2.24, 2.45) is 10.8 Å². The number of methoxy groups -OCH3 is 1. The second-order valence-corrected chi connectivity index (χ2v) is 4.68. The molecule has 0 aromatic heterocycles. The molecule has 1 unspecified atom stereocenters. The Hall–Kier alpha value is -2.54. The number of carbonyl (C=O) groups is 1. The van der Waals surface area contributed by atoms with Gasteiger partial charge < -0.3 is 14.8 Å². The molecule has 0 radical (unpaired) electrons. The smallest absolute Gasteiger partial charge is 0.338 e. The van der Waals surface area contributed by atoms with Crippen LogP contribution in [0, 0.1) is 0 Å². The molecule has 0 fully saturated rings. The van der Waals surface area contributed by atoms with Gasteiger partial charge in [-0.3, -0.25) is 5.43 Å². The average Bonchev–Trinajstić information content (AvgIpc) is 2.54. The summed E-state index contributed by atoms with van der Waals surface area (Å²) in [6.07, 6.45) is 0. The van der Waals surface area contributed by atoms with Gasteiger partial charge in [-0.15, -0.1) is 0 Å². The maximum atomic E-state index is 12.2. The number of allylic oxidation sites excluding steroid dienone is 1. The predicted octanol–water partition coefficient (Wildman–Crippen LogP) is 0.996. The molecule has 7 nitrogen and oxygen atoms in total. The van der Waals surface area contributed by atoms with Crippen molar-refractivity contribution >= 4 is 11.9 Å². The fourth-order valence-electron chi connectivity index (χ4n) is 2.25. The maximum Gasteiger partial charge on any atom is 0.338 e. The van der Waals surface area contributed by atoms with E-state index in [0.29, 0.717) is 23.8 Å². The number of nitrogens with two attached hydrogens (primary N) is 1. The fourth-order valence-corrected chi connectivity index (χ4v) is 2.25. The highest BCUT2D eigenvalue weighted by molar-refractivity contribution is 5.95. The Kier molecular flexibility index (Phi) is 5.00. The van der Waals surface area contributed by atoms with E-state index in [0.717, 1.165) is 11.3 Å². The normalized spacial score (nSPS) is 17.5. The minimum Gasteiger partial charge on any atom is -0.497 e. The molecule has 1 atom stereocenters. The van der Waals surface area contributed by atoms with Gasteiger partial charge in [0.15, 0.2) is 0 Å². The summed E-state index contributed by atoms with van der Waals surface area (Å²) in [5, 5.41) is 2.95. The van der Waals surface area contributed by atoms with E-state index in [4.69, 9.17) is 15.3 Å². The van der Waals surface area contributed by atoms with Crippen LogP contribution in [0.1, 0.15) is 25.5 Å². The van der Waals surface area contributed by atoms with Crippen LogP contribution in [0.25, 0.3) is 0 Å². The molecule has 118 valence electrons. The van der Waals surface area contributed by atoms with Crippen molar-refractivity contribution in [3.63, 3.8) is 0 Å². The lowest BCUT2D eigenvalue weighted by Crippen LogP contribution is -2.44. The van der Waals surface area contributed by atoms with Gasteiger partial charge in [0.2, 0.25) is 5.96 Å². The Morgan fingerprint density at radius 3 is 2.64 bits per heavy atom. The van der Waals surface area contributed by atoms with E-state index >= 15 is 0 Å². The number of hydrogen-bond donors (Lipinski definition) is 3. The Balaban J connectivity index is 2.42. The van der Waals surface area contributed by atoms with Crippen molar-refractivity contribution in [1.82, 2.24) is 10.7 Å². The SMILES string of the molecule is CCOC(=O)C1=C(C)NC(NN)=NC1c1ccc(OC)cc1. The summed E-state index contributed by atoms with van der Waals surface area (Å²) in [5.41, 5.74) is 4.44. The Morgan fingerprint density at radius 2 is 2.09 bits per heavy atom. The molecule has 1 aliphatic rings. The molecule has 1 heterocycles. The van der Waals surface area contributed by atoms with Gasteiger partial charge in [-0.05, 0) is 31.5 Å². The van der Waals surface area contributed by atoms with Crippen LogP contribution in [0.5, 0.6) is 5.75 Å². The predicted molar refractivity (Wildman–Crippen MR) is 83.0 cm³/mol. The van der Waals surface area contributed by atoms with Crippen molar-refractivity contribution in [3.8, 4) is 5.75 Å². The van der Waals surface area contributed by atoms with Crippen LogP contribution >= 0.6 is 0 Å². The first-order valence-electron chi connectivity index (χ1n) is 6.94. The number of esters is 1. The molecule has 1 aromatic carbocycles. The monoisotopic (exact) mass is 304 g/mol. The van der Waals surface area contributed by atoms with E-state index in [-0.39, 0.29) is 0 Å². The number of hydrogen-bond acceptors (Lipinski definition) is 7. The molecule has 0 saturated heterocycles. The number of guanidine groups is 1. The maximum absolute atomic E-state index is 12.2. The van der Waals surface area contributed by atoms with Gasteiger partial charge in [-0.2, -0.15) is 0 Å². The molecule has 1 aliphatic heterocycles. The zero-order valence-electron chi connectivity index (χ0n) is 12.8. The van der Waals surface area contributed by atoms with Crippen LogP contribution in [0.15, 0.2) is 40.5 Å². The van der Waals surface area contributed by atoms with Crippen LogP contribution in [0.4, 0.5) is 0 Å². The van der Waals surface area contributed by atoms with E-state index in [2.05, 4.69) is 15.7 Å². The molecule has 4 N–H and O–H groups in total. The van der Waals surface area contributed by atoms with Crippen molar-refractivity contribution in [1.29, 1.82) is 0 Å². The highest BCUT2D eigenvalue weighted by Crippen LogP contribution is 2.32. The number of nitrogens with zero attached hydrogens (tertiary/aromatic N) is 1. The first kappa shape index (κ1) is 15.8. The topological polar surface area (TPSA) is 98.0 Å². The number of aliphatic imine (C=N–C) groups is 1. The van der Waals surface area contributed by atoms with E-state index < -0.39 is 12.0 Å². The molecule has 22 heavy (non-hydrogen) atoms. The van der Waals surface area contributed by atoms with Crippen molar-refractivity contribution in [2.45, 2.75) is 19.9 Å². The number of hydrazine groups is 1. The van der Waals surface area contributed by atoms with E-state index in [1.807, 2.05) is 24.3 Å². The second-order valence-electron chi connectivity index (χ2n) is 4.68. The lowest BCUT2D eigenvalue weighted by Gasteiger charge is -2.25. The van der Waals surface area contributed by atoms with E-state index in [1.54, 1.807) is 21.0 Å². The first-order valence-corrected chi connectivity index (χ1v) is 6.94. The molecule has 7 heteroatoms. The quantitative estimate of drug-likeness (QED) is 0.436. The van der Waals surface area contributed by atoms with Crippen molar-refractivity contribution < 1.29 is 14.3 Å². The standard InChI is InChI=1S/C15H20N4O3/c1-4-22-14(20)12-9(2)17-15(19-16)18-13(12)10-5-7-11(21-3)8-6-10/h5-8,13H,4,16H2,1-3H3,(H2,17,18,19). The molecule has 0 bridgehead atoms. The third-order valence-corrected chi connectivity index (χ3v) is 3.31. The third-order valence-electron chi connectivity index (χ3n) is 3.31. The summed E-state index contributed by atoms with van der Waals surface area (Å²) >= 11 is 0. The van der Waals surface area contributed by atoms with E-state index in [9.17, 15) is 4.79 Å². The Labute approximate surface area is 129 Å². The van der Waals surface area contributed by atoms with Crippen LogP contribution in [-0.4, -0.2) is 25.6 Å². The lowest BCUT2D eigenvalue weighted by molar-refractivity contribution is -0.138. The molecule has 2 rings (SSSR count). The zero-order chi connectivity index (χ0) is 16.1. The van der Waals surface area contributed by atoms with Crippen LogP contribution in [-0.2, 0) is 9.53 Å². The summed E-state index contributed by atoms with van der Waals surface area (Å²) < 4.78 is 10.3. The zero-order valence-corrected chi connectivity index (χ0v) is 12.8. The largest absolute Gasteiger partial charge is 0.497 e. The summed E-state index contributed by atoms with van der Waals surface area (Å²) in [7, 11) is 1.60. The Morgan fingerprint density at radius 1 is 1.41 bits per heavy atom. The molecular formula is C15H20N4O3. The number of ether oxygens (including phenoxy) is 2. The van der Waals surface area contributed by atoms with Crippen LogP contribution in [0.2, 0.25) is 0 Å². The van der Waals surface area contributed by atoms with Crippen LogP contribution in [0.3, 0.4) is 0 Å². The summed E-state index contributed by atoms with van der Waals surface area (Å²) in [5.74, 6) is 6.16. The van der Waals surface area contributed by atoms with Gasteiger partial charge in [0, 0.05) is 5.70 Å². The number of benzene rings is 1. The summed E-state index contributed by atoms with van der Waals surface area (Å²) in [4.78, 5) is 16.7. The van der Waals surface area contributed by atoms with Crippen molar-refractivity contribution in [2.75, 3.05) is 13.7 Å². The van der Waals surface area contributed by atoms with Gasteiger partial charge in [-0.25, -0.2) is 15.6 Å². The molecular weight excluding hydrogens is 284 g/mol. The number of carbonyl (C=O) groups excluding carboxylic acids is 1. The molecule has 0 amide bonds. The molecule has 0 spiro atoms. The van der Waals surface area contributed by atoms with Gasteiger partial charge in [-0.1, -0.05) is 12.1 Å². The van der Waals surface area contributed by atoms with Gasteiger partial charge in [0.25, 0.3) is 0 Å². The fraction of sp³-hybridized carbons (Fsp3) is 0.333. The molecule has 1 aromatic rings. The number of rotatable bonds is 4. The second kappa shape index (κ2) is 6.95. The minimum atomic E-state index is -0.489. The van der Waals surface area contributed by atoms with Gasteiger partial charge in [0.1, 0.15) is 11.8 Å². The highest BCUT2D eigenvalue weighted by Gasteiger charge is 2.30. The Bertz CT molecular complexity index is 608. The van der Waals surface area contributed by atoms with Gasteiger partial charge in [0.05, 0.1) is 19.3 Å². The molecule has 0 saturated carbocycles. The minimum absolute atomic E-state index is 0.302. The van der Waals surface area contributed by atoms with Crippen molar-refractivity contribution in [3.05, 3.63) is 41.1 Å². The first-order chi connectivity index (χ1) is 10.6. The van der Waals surface area contributed by atoms with Crippen LogP contribution < -0.4 is 21.3 Å². The average molecular weight is 304 g/mol. The number of nitrogens with one attached hydrogen (secondary N) is 2. The summed E-state index contributed by atoms with van der Waals surface area (Å²) in [6, 6.07) is 6.87. The third kappa shape index (κ3) is 3.20.